The van der Waals surface area contributed by atoms with Crippen molar-refractivity contribution < 1.29 is 0 Å². The maximum atomic E-state index is 4.38. The highest BCUT2D eigenvalue weighted by Crippen LogP contribution is 2.36. The van der Waals surface area contributed by atoms with Crippen molar-refractivity contribution in [3.8, 4) is 0 Å². The maximum Gasteiger partial charge on any atom is 0.0951 e. The van der Waals surface area contributed by atoms with Gasteiger partial charge in [0.2, 0.25) is 0 Å². The van der Waals surface area contributed by atoms with E-state index in [-0.39, 0.29) is 0 Å². The molecule has 3 nitrogen and oxygen atoms in total. The van der Waals surface area contributed by atoms with Crippen LogP contribution in [0.4, 0.5) is 0 Å². The lowest BCUT2D eigenvalue weighted by atomic mass is 9.99. The minimum atomic E-state index is 0.543. The molecule has 0 spiro atoms. The van der Waals surface area contributed by atoms with Crippen LogP contribution >= 0.6 is 0 Å². The van der Waals surface area contributed by atoms with Gasteiger partial charge in [-0.1, -0.05) is 12.8 Å². The van der Waals surface area contributed by atoms with Crippen molar-refractivity contribution in [2.45, 2.75) is 57.5 Å². The van der Waals surface area contributed by atoms with Gasteiger partial charge in [-0.25, -0.2) is 4.98 Å². The number of hydrogen-bond acceptors (Lipinski definition) is 2. The number of nitrogens with zero attached hydrogens (tertiary/aromatic N) is 2. The third-order valence-electron chi connectivity index (χ3n) is 4.63. The van der Waals surface area contributed by atoms with E-state index in [0.717, 1.165) is 12.5 Å². The minimum absolute atomic E-state index is 0.543. The van der Waals surface area contributed by atoms with Gasteiger partial charge in [0.1, 0.15) is 0 Å². The van der Waals surface area contributed by atoms with Gasteiger partial charge in [-0.3, -0.25) is 0 Å². The predicted molar refractivity (Wildman–Crippen MR) is 68.9 cm³/mol. The van der Waals surface area contributed by atoms with Crippen molar-refractivity contribution >= 4 is 0 Å². The fourth-order valence-corrected chi connectivity index (χ4v) is 3.53. The van der Waals surface area contributed by atoms with Gasteiger partial charge in [0.25, 0.3) is 0 Å². The van der Waals surface area contributed by atoms with Crippen molar-refractivity contribution in [2.24, 2.45) is 5.92 Å². The van der Waals surface area contributed by atoms with Gasteiger partial charge >= 0.3 is 0 Å². The first-order valence-corrected chi connectivity index (χ1v) is 7.11. The molecule has 0 amide bonds. The zero-order chi connectivity index (χ0) is 11.7. The van der Waals surface area contributed by atoms with Gasteiger partial charge < -0.3 is 9.88 Å². The largest absolute Gasteiger partial charge is 0.330 e. The van der Waals surface area contributed by atoms with E-state index >= 15 is 0 Å². The van der Waals surface area contributed by atoms with Crippen LogP contribution in [0.25, 0.3) is 0 Å². The molecule has 2 unspecified atom stereocenters. The standard InChI is InChI=1S/C14H23N3/c1-11(12-5-2-3-6-12)17-10-15-9-14(17)13-7-4-8-16-13/h9-13,16H,2-8H2,1H3. The first kappa shape index (κ1) is 11.3. The molecular weight excluding hydrogens is 210 g/mol. The number of hydrogen-bond donors (Lipinski definition) is 1. The third kappa shape index (κ3) is 2.13. The van der Waals surface area contributed by atoms with Crippen LogP contribution < -0.4 is 5.32 Å². The van der Waals surface area contributed by atoms with Gasteiger partial charge in [-0.15, -0.1) is 0 Å². The summed E-state index contributed by atoms with van der Waals surface area (Å²) in [4.78, 5) is 4.38. The van der Waals surface area contributed by atoms with E-state index in [2.05, 4.69) is 28.0 Å². The monoisotopic (exact) mass is 233 g/mol. The molecule has 1 aliphatic carbocycles. The van der Waals surface area contributed by atoms with E-state index < -0.39 is 0 Å². The maximum absolute atomic E-state index is 4.38. The Labute approximate surface area is 104 Å². The van der Waals surface area contributed by atoms with E-state index in [1.54, 1.807) is 0 Å². The van der Waals surface area contributed by atoms with Gasteiger partial charge in [-0.05, 0) is 45.1 Å². The molecule has 2 fully saturated rings. The highest BCUT2D eigenvalue weighted by molar-refractivity contribution is 5.09. The van der Waals surface area contributed by atoms with Crippen LogP contribution in [0.15, 0.2) is 12.5 Å². The number of nitrogens with one attached hydrogen (secondary N) is 1. The Morgan fingerprint density at radius 3 is 2.82 bits per heavy atom. The SMILES string of the molecule is CC(C1CCCC1)n1cncc1C1CCCN1. The average Bonchev–Trinajstić information content (AvgIpc) is 3.09. The first-order valence-electron chi connectivity index (χ1n) is 7.11. The highest BCUT2D eigenvalue weighted by Gasteiger charge is 2.27. The Morgan fingerprint density at radius 2 is 2.12 bits per heavy atom. The smallest absolute Gasteiger partial charge is 0.0951 e. The average molecular weight is 233 g/mol. The lowest BCUT2D eigenvalue weighted by Crippen LogP contribution is -2.21. The summed E-state index contributed by atoms with van der Waals surface area (Å²) in [6.45, 7) is 3.53. The van der Waals surface area contributed by atoms with Crippen LogP contribution in [0.2, 0.25) is 0 Å². The van der Waals surface area contributed by atoms with Crippen LogP contribution in [-0.4, -0.2) is 16.1 Å². The topological polar surface area (TPSA) is 29.9 Å². The van der Waals surface area contributed by atoms with Crippen molar-refractivity contribution in [3.05, 3.63) is 18.2 Å². The predicted octanol–water partition coefficient (Wildman–Crippen LogP) is 3.06. The summed E-state index contributed by atoms with van der Waals surface area (Å²) in [5.74, 6) is 0.865. The van der Waals surface area contributed by atoms with E-state index in [1.165, 1.54) is 44.2 Å². The normalized spacial score (nSPS) is 27.7. The summed E-state index contributed by atoms with van der Waals surface area (Å²) in [6, 6.07) is 1.17. The molecule has 1 saturated heterocycles. The molecule has 1 aliphatic heterocycles. The molecule has 3 heteroatoms. The minimum Gasteiger partial charge on any atom is -0.330 e. The number of aromatic nitrogens is 2. The van der Waals surface area contributed by atoms with Crippen molar-refractivity contribution in [1.82, 2.24) is 14.9 Å². The molecule has 1 aromatic rings. The summed E-state index contributed by atoms with van der Waals surface area (Å²) in [6.07, 6.45) is 12.3. The second kappa shape index (κ2) is 4.81. The van der Waals surface area contributed by atoms with Crippen molar-refractivity contribution in [3.63, 3.8) is 0 Å². The van der Waals surface area contributed by atoms with Gasteiger partial charge in [-0.2, -0.15) is 0 Å². The molecule has 1 aromatic heterocycles. The summed E-state index contributed by atoms with van der Waals surface area (Å²) in [5, 5.41) is 3.58. The summed E-state index contributed by atoms with van der Waals surface area (Å²) >= 11 is 0. The summed E-state index contributed by atoms with van der Waals surface area (Å²) < 4.78 is 2.43. The van der Waals surface area contributed by atoms with Crippen LogP contribution in [-0.2, 0) is 0 Å². The van der Waals surface area contributed by atoms with Gasteiger partial charge in [0, 0.05) is 18.3 Å². The lowest BCUT2D eigenvalue weighted by Gasteiger charge is -2.24. The summed E-state index contributed by atoms with van der Waals surface area (Å²) in [5.41, 5.74) is 1.40. The second-order valence-electron chi connectivity index (χ2n) is 5.66. The molecule has 2 heterocycles. The number of imidazole rings is 1. The van der Waals surface area contributed by atoms with Crippen LogP contribution in [0.1, 0.15) is 63.2 Å². The van der Waals surface area contributed by atoms with E-state index in [0.29, 0.717) is 12.1 Å². The molecule has 94 valence electrons. The van der Waals surface area contributed by atoms with E-state index in [4.69, 9.17) is 0 Å². The lowest BCUT2D eigenvalue weighted by molar-refractivity contribution is 0.346. The Bertz CT molecular complexity index is 359. The third-order valence-corrected chi connectivity index (χ3v) is 4.63. The molecule has 1 saturated carbocycles. The van der Waals surface area contributed by atoms with Crippen LogP contribution in [0.5, 0.6) is 0 Å². The molecule has 0 radical (unpaired) electrons. The van der Waals surface area contributed by atoms with Gasteiger partial charge in [0.15, 0.2) is 0 Å². The Hall–Kier alpha value is -0.830. The molecule has 0 bridgehead atoms. The molecule has 0 aromatic carbocycles. The zero-order valence-electron chi connectivity index (χ0n) is 10.7. The van der Waals surface area contributed by atoms with Gasteiger partial charge in [0.05, 0.1) is 12.0 Å². The fourth-order valence-electron chi connectivity index (χ4n) is 3.53. The van der Waals surface area contributed by atoms with E-state index in [1.807, 2.05) is 6.33 Å². The van der Waals surface area contributed by atoms with Crippen molar-refractivity contribution in [1.29, 1.82) is 0 Å². The first-order chi connectivity index (χ1) is 8.36. The van der Waals surface area contributed by atoms with Crippen LogP contribution in [0.3, 0.4) is 0 Å². The molecule has 17 heavy (non-hydrogen) atoms. The number of rotatable bonds is 3. The molecule has 1 N–H and O–H groups in total. The fraction of sp³-hybridized carbons (Fsp3) is 0.786. The van der Waals surface area contributed by atoms with Crippen molar-refractivity contribution in [2.75, 3.05) is 6.54 Å². The Kier molecular flexibility index (Phi) is 3.19. The zero-order valence-corrected chi connectivity index (χ0v) is 10.7. The quantitative estimate of drug-likeness (QED) is 0.869. The Balaban J connectivity index is 1.79. The van der Waals surface area contributed by atoms with E-state index in [9.17, 15) is 0 Å². The second-order valence-corrected chi connectivity index (χ2v) is 5.66. The molecule has 2 aliphatic rings. The molecule has 3 rings (SSSR count). The molecular formula is C14H23N3. The summed E-state index contributed by atoms with van der Waals surface area (Å²) in [7, 11) is 0. The Morgan fingerprint density at radius 1 is 1.29 bits per heavy atom. The highest BCUT2D eigenvalue weighted by atomic mass is 15.1. The van der Waals surface area contributed by atoms with Crippen LogP contribution in [0, 0.1) is 5.92 Å². The molecule has 2 atom stereocenters.